The van der Waals surface area contributed by atoms with E-state index in [2.05, 4.69) is 21.7 Å². The van der Waals surface area contributed by atoms with E-state index in [0.29, 0.717) is 0 Å². The molecule has 0 atom stereocenters. The number of carbonyl (C=O) groups excluding carboxylic acids is 3. The molecule has 17 heteroatoms. The molecular weight excluding hydrogens is 698 g/mol. The van der Waals surface area contributed by atoms with Crippen molar-refractivity contribution in [2.75, 3.05) is 0 Å². The quantitative estimate of drug-likeness (QED) is 0.195. The summed E-state index contributed by atoms with van der Waals surface area (Å²) in [6.07, 6.45) is -7.96. The first-order chi connectivity index (χ1) is 12.2. The van der Waals surface area contributed by atoms with Gasteiger partial charge in [-0.05, 0) is 18.2 Å². The van der Waals surface area contributed by atoms with Gasteiger partial charge in [-0.15, -0.1) is 5.73 Å². The van der Waals surface area contributed by atoms with Crippen molar-refractivity contribution in [1.29, 1.82) is 0 Å². The maximum atomic E-state index is 10.5. The second-order valence-corrected chi connectivity index (χ2v) is 4.49. The minimum atomic E-state index is -5.19. The third-order valence-electron chi connectivity index (χ3n) is 1.37. The standard InChI is InChI=1S/C6H4Br.3C2HF3O2.Pb/c7-6-4-2-1-3-5-6;3*3-2(4,5)1(6)7;/h2-5H;3*(H,6,7);/p-3. The molecule has 0 aliphatic heterocycles. The molecule has 0 saturated heterocycles. The molecule has 165 valence electrons. The molecule has 0 saturated carbocycles. The molecule has 0 aromatic heterocycles. The van der Waals surface area contributed by atoms with Crippen molar-refractivity contribution in [3.63, 3.8) is 0 Å². The Bertz CT molecular complexity index is 574. The molecule has 0 fully saturated rings. The number of aliphatic carboxylic acids is 3. The zero-order valence-corrected chi connectivity index (χ0v) is 18.5. The summed E-state index contributed by atoms with van der Waals surface area (Å²) in [6, 6.07) is 0. The molecule has 0 aromatic rings. The molecule has 1 rings (SSSR count). The Morgan fingerprint density at radius 1 is 0.724 bits per heavy atom. The van der Waals surface area contributed by atoms with Crippen molar-refractivity contribution in [1.82, 2.24) is 0 Å². The van der Waals surface area contributed by atoms with E-state index < -0.39 is 36.4 Å². The topological polar surface area (TPSA) is 120 Å². The van der Waals surface area contributed by atoms with Gasteiger partial charge in [0, 0.05) is 38.2 Å². The van der Waals surface area contributed by atoms with Crippen LogP contribution in [-0.2, 0) is 14.4 Å². The Morgan fingerprint density at radius 2 is 0.966 bits per heavy atom. The third-order valence-corrected chi connectivity index (χ3v) is 1.90. The van der Waals surface area contributed by atoms with Gasteiger partial charge in [-0.25, -0.2) is 0 Å². The van der Waals surface area contributed by atoms with Crippen molar-refractivity contribution in [3.05, 3.63) is 34.9 Å². The van der Waals surface area contributed by atoms with Gasteiger partial charge in [0.2, 0.25) is 0 Å². The van der Waals surface area contributed by atoms with Gasteiger partial charge in [-0.3, -0.25) is 0 Å². The van der Waals surface area contributed by atoms with Gasteiger partial charge in [0.1, 0.15) is 17.9 Å². The second-order valence-electron chi connectivity index (χ2n) is 3.57. The zero-order chi connectivity index (χ0) is 23.3. The monoisotopic (exact) mass is 702 g/mol. The average molecular weight is 702 g/mol. The van der Waals surface area contributed by atoms with Gasteiger partial charge < -0.3 is 29.7 Å². The minimum absolute atomic E-state index is 0. The van der Waals surface area contributed by atoms with Gasteiger partial charge in [-0.1, -0.05) is 15.9 Å². The number of carboxylic acid groups (broad SMARTS) is 3. The van der Waals surface area contributed by atoms with Crippen LogP contribution < -0.4 is 15.3 Å². The van der Waals surface area contributed by atoms with E-state index >= 15 is 0 Å². The Kier molecular flexibility index (Phi) is 18.4. The number of hydrogen-bond acceptors (Lipinski definition) is 6. The molecule has 1 aliphatic carbocycles. The minimum Gasteiger partial charge on any atom is -0.542 e. The molecule has 6 nitrogen and oxygen atoms in total. The normalized spacial score (nSPS) is 12.3. The molecule has 0 amide bonds. The van der Waals surface area contributed by atoms with Crippen molar-refractivity contribution in [2.24, 2.45) is 0 Å². The van der Waals surface area contributed by atoms with Gasteiger partial charge in [0.05, 0.1) is 0 Å². The van der Waals surface area contributed by atoms with E-state index in [1.54, 1.807) is 0 Å². The number of alkyl halides is 9. The molecule has 0 aromatic carbocycles. The van der Waals surface area contributed by atoms with Crippen LogP contribution in [-0.4, -0.2) is 63.7 Å². The fourth-order valence-corrected chi connectivity index (χ4v) is 0.631. The van der Waals surface area contributed by atoms with Crippen LogP contribution in [0.5, 0.6) is 0 Å². The first-order valence-corrected chi connectivity index (χ1v) is 6.48. The molecule has 0 spiro atoms. The summed E-state index contributed by atoms with van der Waals surface area (Å²) in [5.41, 5.74) is 2.90. The van der Waals surface area contributed by atoms with E-state index in [1.807, 2.05) is 24.6 Å². The smallest absolute Gasteiger partial charge is 0.430 e. The van der Waals surface area contributed by atoms with Crippen LogP contribution in [0.1, 0.15) is 0 Å². The van der Waals surface area contributed by atoms with E-state index in [4.69, 9.17) is 29.7 Å². The number of rotatable bonds is 0. The average Bonchev–Trinajstić information content (AvgIpc) is 2.46. The maximum absolute atomic E-state index is 10.5. The van der Waals surface area contributed by atoms with Crippen molar-refractivity contribution in [3.8, 4) is 0 Å². The molecule has 29 heavy (non-hydrogen) atoms. The first kappa shape index (κ1) is 34.9. The predicted molar refractivity (Wildman–Crippen MR) is 72.9 cm³/mol. The zero-order valence-electron chi connectivity index (χ0n) is 13.0. The summed E-state index contributed by atoms with van der Waals surface area (Å²) in [7, 11) is 0. The van der Waals surface area contributed by atoms with Crippen molar-refractivity contribution in [2.45, 2.75) is 18.5 Å². The number of allylic oxidation sites excluding steroid dienone is 3. The molecule has 1 aliphatic rings. The summed E-state index contributed by atoms with van der Waals surface area (Å²) >= 11 is 3.29. The Morgan fingerprint density at radius 3 is 1.03 bits per heavy atom. The Hall–Kier alpha value is -1.56. The van der Waals surface area contributed by atoms with E-state index in [0.717, 1.165) is 4.48 Å². The van der Waals surface area contributed by atoms with E-state index in [9.17, 15) is 39.5 Å². The number of halogens is 10. The maximum Gasteiger partial charge on any atom is 0.430 e. The number of carbonyl (C=O) groups is 3. The molecule has 5 radical (unpaired) electrons. The van der Waals surface area contributed by atoms with Crippen LogP contribution in [0.2, 0.25) is 0 Å². The fourth-order valence-electron chi connectivity index (χ4n) is 0.367. The van der Waals surface area contributed by atoms with Crippen molar-refractivity contribution < 1.29 is 69.2 Å². The second kappa shape index (κ2) is 15.3. The summed E-state index contributed by atoms with van der Waals surface area (Å²) in [5.74, 6) is -9.02. The molecule has 0 unspecified atom stereocenters. The van der Waals surface area contributed by atoms with Crippen LogP contribution in [0, 0.1) is 6.42 Å². The van der Waals surface area contributed by atoms with E-state index in [1.165, 1.54) is 0 Å². The largest absolute Gasteiger partial charge is 0.542 e. The SMILES string of the molecule is BrC1=CC=C=C[CH]1.O=C([O-])C(F)(F)F.O=C([O-])C(F)(F)F.O=C([O-])C(F)(F)F.[Pb]. The van der Waals surface area contributed by atoms with Crippen LogP contribution in [0.15, 0.2) is 28.4 Å². The molecule has 0 N–H and O–H groups in total. The summed E-state index contributed by atoms with van der Waals surface area (Å²) in [4.78, 5) is 26.4. The Balaban J connectivity index is -0.000000142. The van der Waals surface area contributed by atoms with Gasteiger partial charge in [0.25, 0.3) is 0 Å². The number of carboxylic acids is 3. The summed E-state index contributed by atoms with van der Waals surface area (Å²) in [6.45, 7) is 0. The Labute approximate surface area is 183 Å². The summed E-state index contributed by atoms with van der Waals surface area (Å²) < 4.78 is 95.7. The fraction of sp³-hybridized carbons (Fsp3) is 0.250. The first-order valence-electron chi connectivity index (χ1n) is 5.69. The van der Waals surface area contributed by atoms with E-state index in [-0.39, 0.29) is 27.3 Å². The molecular formula is C12H4BrF9O6Pb-3. The van der Waals surface area contributed by atoms with Crippen LogP contribution in [0.25, 0.3) is 0 Å². The third kappa shape index (κ3) is 26.4. The van der Waals surface area contributed by atoms with Gasteiger partial charge >= 0.3 is 18.5 Å². The van der Waals surface area contributed by atoms with Gasteiger partial charge in [0.15, 0.2) is 0 Å². The van der Waals surface area contributed by atoms with Crippen molar-refractivity contribution >= 4 is 61.1 Å². The van der Waals surface area contributed by atoms with Crippen LogP contribution in [0.4, 0.5) is 39.5 Å². The van der Waals surface area contributed by atoms with Gasteiger partial charge in [-0.2, -0.15) is 39.5 Å². The number of hydrogen-bond donors (Lipinski definition) is 0. The predicted octanol–water partition coefficient (Wildman–Crippen LogP) is -0.291. The van der Waals surface area contributed by atoms with Crippen LogP contribution in [0.3, 0.4) is 0 Å². The summed E-state index contributed by atoms with van der Waals surface area (Å²) in [5, 5.41) is 26.4. The molecule has 0 heterocycles. The molecule has 0 bridgehead atoms. The van der Waals surface area contributed by atoms with Crippen LogP contribution >= 0.6 is 15.9 Å².